The fourth-order valence-corrected chi connectivity index (χ4v) is 1.37. The van der Waals surface area contributed by atoms with Gasteiger partial charge in [-0.15, -0.1) is 0 Å². The maximum absolute atomic E-state index is 12.7. The SMILES string of the molecule is [B+2]c1ccc(S(C)(=O)=O)cc1F.[OH-].[OH-]. The van der Waals surface area contributed by atoms with Crippen LogP contribution in [-0.4, -0.2) is 33.5 Å². The first-order valence-electron chi connectivity index (χ1n) is 3.16. The van der Waals surface area contributed by atoms with Gasteiger partial charge in [0.2, 0.25) is 0 Å². The Morgan fingerprint density at radius 3 is 2.14 bits per heavy atom. The number of hydrogen-bond donors (Lipinski definition) is 0. The summed E-state index contributed by atoms with van der Waals surface area (Å²) in [5, 5.41) is 0. The first-order valence-corrected chi connectivity index (χ1v) is 5.05. The van der Waals surface area contributed by atoms with Crippen molar-refractivity contribution in [2.45, 2.75) is 4.90 Å². The standard InChI is InChI=1S/C7H6BFO2S.2H2O/c1-12(10,11)5-2-3-6(8)7(9)4-5;;/h2-4H,1H3;2*1H2/q+2;;/p-2. The van der Waals surface area contributed by atoms with Gasteiger partial charge in [0.15, 0.2) is 0 Å². The summed E-state index contributed by atoms with van der Waals surface area (Å²) in [6.45, 7) is 0. The largest absolute Gasteiger partial charge is 0.870 e. The average molecular weight is 218 g/mol. The van der Waals surface area contributed by atoms with E-state index in [1.165, 1.54) is 12.1 Å². The topological polar surface area (TPSA) is 94.1 Å². The van der Waals surface area contributed by atoms with E-state index >= 15 is 0 Å². The summed E-state index contributed by atoms with van der Waals surface area (Å²) in [6, 6.07) is 3.41. The molecular weight excluding hydrogens is 210 g/mol. The molecule has 0 fully saturated rings. The van der Waals surface area contributed by atoms with Crippen molar-refractivity contribution in [1.82, 2.24) is 0 Å². The normalized spacial score (nSPS) is 10.0. The van der Waals surface area contributed by atoms with Gasteiger partial charge in [-0.2, -0.15) is 0 Å². The number of sulfone groups is 1. The molecule has 0 aromatic heterocycles. The van der Waals surface area contributed by atoms with Gasteiger partial charge in [-0.1, -0.05) is 0 Å². The van der Waals surface area contributed by atoms with Crippen LogP contribution in [0.4, 0.5) is 4.39 Å². The van der Waals surface area contributed by atoms with Crippen LogP contribution in [0.1, 0.15) is 0 Å². The Labute approximate surface area is 82.7 Å². The molecule has 1 rings (SSSR count). The van der Waals surface area contributed by atoms with Gasteiger partial charge in [0, 0.05) is 0 Å². The van der Waals surface area contributed by atoms with Gasteiger partial charge in [-0.3, -0.25) is 0 Å². The number of halogens is 1. The molecule has 7 heteroatoms. The fraction of sp³-hybridized carbons (Fsp3) is 0.143. The monoisotopic (exact) mass is 218 g/mol. The van der Waals surface area contributed by atoms with Gasteiger partial charge >= 0.3 is 71.1 Å². The van der Waals surface area contributed by atoms with E-state index in [4.69, 9.17) is 7.85 Å². The van der Waals surface area contributed by atoms with E-state index in [0.717, 1.165) is 12.3 Å². The molecule has 0 spiro atoms. The van der Waals surface area contributed by atoms with E-state index in [-0.39, 0.29) is 21.3 Å². The molecule has 0 heterocycles. The van der Waals surface area contributed by atoms with Crippen molar-refractivity contribution in [3.8, 4) is 0 Å². The summed E-state index contributed by atoms with van der Waals surface area (Å²) in [7, 11) is 1.82. The van der Waals surface area contributed by atoms with Crippen LogP contribution in [0.15, 0.2) is 23.1 Å². The predicted molar refractivity (Wildman–Crippen MR) is 48.8 cm³/mol. The zero-order valence-corrected chi connectivity index (χ0v) is 8.12. The number of benzene rings is 1. The second-order valence-electron chi connectivity index (χ2n) is 2.46. The molecule has 0 atom stereocenters. The fourth-order valence-electron chi connectivity index (χ4n) is 0.739. The van der Waals surface area contributed by atoms with Crippen molar-refractivity contribution in [1.29, 1.82) is 0 Å². The Kier molecular flexibility index (Phi) is 5.65. The van der Waals surface area contributed by atoms with Gasteiger partial charge < -0.3 is 11.0 Å². The molecule has 0 saturated heterocycles. The van der Waals surface area contributed by atoms with Crippen LogP contribution in [0, 0.1) is 5.82 Å². The van der Waals surface area contributed by atoms with Crippen molar-refractivity contribution in [2.24, 2.45) is 0 Å². The van der Waals surface area contributed by atoms with Gasteiger partial charge in [-0.05, 0) is 0 Å². The van der Waals surface area contributed by atoms with Gasteiger partial charge in [0.25, 0.3) is 0 Å². The second kappa shape index (κ2) is 5.09. The van der Waals surface area contributed by atoms with Crippen molar-refractivity contribution in [3.05, 3.63) is 24.0 Å². The summed E-state index contributed by atoms with van der Waals surface area (Å²) in [5.41, 5.74) is -0.0533. The zero-order chi connectivity index (χ0) is 9.35. The summed E-state index contributed by atoms with van der Waals surface area (Å²) in [5.74, 6) is -0.710. The smallest absolute Gasteiger partial charge is 0.870 e. The van der Waals surface area contributed by atoms with E-state index in [9.17, 15) is 12.8 Å². The van der Waals surface area contributed by atoms with Crippen LogP contribution >= 0.6 is 0 Å². The van der Waals surface area contributed by atoms with Crippen molar-refractivity contribution >= 4 is 23.1 Å². The zero-order valence-electron chi connectivity index (χ0n) is 7.31. The summed E-state index contributed by atoms with van der Waals surface area (Å²) in [4.78, 5) is -0.0609. The Morgan fingerprint density at radius 2 is 1.79 bits per heavy atom. The van der Waals surface area contributed by atoms with Crippen molar-refractivity contribution in [2.75, 3.05) is 6.26 Å². The Morgan fingerprint density at radius 1 is 1.29 bits per heavy atom. The maximum atomic E-state index is 12.7. The molecule has 1 aromatic rings. The third-order valence-electron chi connectivity index (χ3n) is 1.40. The molecule has 0 aliphatic carbocycles. The average Bonchev–Trinajstić information content (AvgIpc) is 1.92. The predicted octanol–water partition coefficient (Wildman–Crippen LogP) is -0.331. The van der Waals surface area contributed by atoms with E-state index in [1.807, 2.05) is 0 Å². The van der Waals surface area contributed by atoms with Crippen LogP contribution in [-0.2, 0) is 9.84 Å². The van der Waals surface area contributed by atoms with Gasteiger partial charge in [0.1, 0.15) is 0 Å². The second-order valence-corrected chi connectivity index (χ2v) is 4.47. The summed E-state index contributed by atoms with van der Waals surface area (Å²) in [6.07, 6.45) is 1.01. The minimum absolute atomic E-state index is 0. The molecule has 0 bridgehead atoms. The van der Waals surface area contributed by atoms with Crippen molar-refractivity contribution < 1.29 is 23.8 Å². The van der Waals surface area contributed by atoms with Crippen LogP contribution in [0.5, 0.6) is 0 Å². The summed E-state index contributed by atoms with van der Waals surface area (Å²) >= 11 is 0. The molecule has 0 amide bonds. The van der Waals surface area contributed by atoms with E-state index in [0.29, 0.717) is 0 Å². The molecule has 1 aromatic carbocycles. The first kappa shape index (κ1) is 15.6. The molecule has 76 valence electrons. The molecule has 4 nitrogen and oxygen atoms in total. The molecule has 0 radical (unpaired) electrons. The Bertz CT molecular complexity index is 404. The quantitative estimate of drug-likeness (QED) is 0.603. The molecule has 0 aliphatic rings. The van der Waals surface area contributed by atoms with E-state index in [2.05, 4.69) is 0 Å². The maximum Gasteiger partial charge on any atom is -0.870 e. The summed E-state index contributed by atoms with van der Waals surface area (Å²) < 4.78 is 34.5. The first-order chi connectivity index (χ1) is 5.41. The minimum Gasteiger partial charge on any atom is -0.870 e. The number of hydrogen-bond acceptors (Lipinski definition) is 4. The van der Waals surface area contributed by atoms with E-state index in [1.54, 1.807) is 0 Å². The Hall–Kier alpha value is -0.915. The molecule has 2 N–H and O–H groups in total. The molecule has 0 unspecified atom stereocenters. The third-order valence-corrected chi connectivity index (χ3v) is 2.51. The molecular formula is C7H8BFO4S. The van der Waals surface area contributed by atoms with Crippen LogP contribution in [0.25, 0.3) is 0 Å². The third kappa shape index (κ3) is 3.45. The van der Waals surface area contributed by atoms with Gasteiger partial charge in [-0.25, -0.2) is 0 Å². The van der Waals surface area contributed by atoms with Crippen molar-refractivity contribution in [3.63, 3.8) is 0 Å². The number of rotatable bonds is 1. The van der Waals surface area contributed by atoms with Crippen LogP contribution < -0.4 is 5.46 Å². The molecule has 0 aliphatic heterocycles. The molecule has 14 heavy (non-hydrogen) atoms. The Balaban J connectivity index is 0. The van der Waals surface area contributed by atoms with Crippen LogP contribution in [0.3, 0.4) is 0 Å². The van der Waals surface area contributed by atoms with Crippen LogP contribution in [0.2, 0.25) is 0 Å². The van der Waals surface area contributed by atoms with Gasteiger partial charge in [0.05, 0.1) is 0 Å². The minimum atomic E-state index is -3.34. The van der Waals surface area contributed by atoms with E-state index < -0.39 is 15.7 Å². The molecule has 0 saturated carbocycles.